The van der Waals surface area contributed by atoms with Crippen molar-refractivity contribution >= 4 is 54.8 Å². The van der Waals surface area contributed by atoms with E-state index in [2.05, 4.69) is 31.9 Å². The van der Waals surface area contributed by atoms with Crippen molar-refractivity contribution in [2.24, 2.45) is 0 Å². The van der Waals surface area contributed by atoms with E-state index in [1.54, 1.807) is 25.3 Å². The Kier molecular flexibility index (Phi) is 4.72. The van der Waals surface area contributed by atoms with E-state index in [4.69, 9.17) is 16.3 Å². The van der Waals surface area contributed by atoms with E-state index in [9.17, 15) is 5.11 Å². The highest BCUT2D eigenvalue weighted by Gasteiger charge is 2.19. The normalized spacial score (nSPS) is 12.5. The van der Waals surface area contributed by atoms with Gasteiger partial charge in [0.05, 0.1) is 19.7 Å². The second-order valence-corrected chi connectivity index (χ2v) is 7.73. The first-order valence-electron chi connectivity index (χ1n) is 4.99. The highest BCUT2D eigenvalue weighted by atomic mass is 79.9. The summed E-state index contributed by atoms with van der Waals surface area (Å²) < 4.78 is 6.92. The smallest absolute Gasteiger partial charge is 0.120 e. The summed E-state index contributed by atoms with van der Waals surface area (Å²) in [5.74, 6) is 0.668. The van der Waals surface area contributed by atoms with Crippen LogP contribution in [-0.2, 0) is 0 Å². The van der Waals surface area contributed by atoms with Crippen molar-refractivity contribution in [3.63, 3.8) is 0 Å². The number of aliphatic hydroxyl groups is 1. The molecule has 2 rings (SSSR count). The molecule has 0 aliphatic heterocycles. The van der Waals surface area contributed by atoms with Crippen LogP contribution in [0.25, 0.3) is 0 Å². The number of hydrogen-bond donors (Lipinski definition) is 1. The van der Waals surface area contributed by atoms with Crippen molar-refractivity contribution in [3.8, 4) is 5.75 Å². The topological polar surface area (TPSA) is 29.5 Å². The number of aliphatic hydroxyl groups excluding tert-OH is 1. The van der Waals surface area contributed by atoms with Crippen LogP contribution in [0.1, 0.15) is 17.2 Å². The molecule has 0 saturated heterocycles. The Morgan fingerprint density at radius 2 is 2.00 bits per heavy atom. The molecule has 0 radical (unpaired) electrons. The summed E-state index contributed by atoms with van der Waals surface area (Å²) in [6.45, 7) is 0. The first kappa shape index (κ1) is 14.3. The predicted molar refractivity (Wildman–Crippen MR) is 81.8 cm³/mol. The van der Waals surface area contributed by atoms with Gasteiger partial charge in [-0.1, -0.05) is 17.7 Å². The molecular weight excluding hydrogens is 403 g/mol. The fourth-order valence-corrected chi connectivity index (χ4v) is 4.72. The van der Waals surface area contributed by atoms with Gasteiger partial charge in [0.1, 0.15) is 11.9 Å². The van der Waals surface area contributed by atoms with Gasteiger partial charge in [-0.2, -0.15) is 0 Å². The fraction of sp³-hybridized carbons (Fsp3) is 0.167. The molecule has 1 atom stereocenters. The van der Waals surface area contributed by atoms with Crippen molar-refractivity contribution in [1.82, 2.24) is 0 Å². The van der Waals surface area contributed by atoms with Crippen molar-refractivity contribution in [1.29, 1.82) is 0 Å². The summed E-state index contributed by atoms with van der Waals surface area (Å²) in [6.07, 6.45) is -0.764. The SMILES string of the molecule is COc1ccc(C(O)c2cc(Br)sc2Br)c(Cl)c1. The summed E-state index contributed by atoms with van der Waals surface area (Å²) in [5.41, 5.74) is 1.45. The minimum atomic E-state index is -0.764. The number of thiophene rings is 1. The molecular formula is C12H9Br2ClO2S. The number of benzene rings is 1. The van der Waals surface area contributed by atoms with Gasteiger partial charge in [-0.3, -0.25) is 0 Å². The third kappa shape index (κ3) is 2.91. The zero-order chi connectivity index (χ0) is 13.3. The molecule has 96 valence electrons. The Labute approximate surface area is 131 Å². The maximum absolute atomic E-state index is 10.4. The molecule has 1 heterocycles. The molecule has 0 aliphatic rings. The molecule has 1 aromatic heterocycles. The Morgan fingerprint density at radius 3 is 2.50 bits per heavy atom. The van der Waals surface area contributed by atoms with Gasteiger partial charge in [-0.25, -0.2) is 0 Å². The lowest BCUT2D eigenvalue weighted by Gasteiger charge is -2.13. The van der Waals surface area contributed by atoms with Crippen molar-refractivity contribution in [2.75, 3.05) is 7.11 Å². The van der Waals surface area contributed by atoms with Crippen LogP contribution in [0.2, 0.25) is 5.02 Å². The zero-order valence-corrected chi connectivity index (χ0v) is 14.0. The minimum Gasteiger partial charge on any atom is -0.497 e. The van der Waals surface area contributed by atoms with E-state index >= 15 is 0 Å². The largest absolute Gasteiger partial charge is 0.497 e. The lowest BCUT2D eigenvalue weighted by molar-refractivity contribution is 0.220. The summed E-state index contributed by atoms with van der Waals surface area (Å²) in [7, 11) is 1.58. The van der Waals surface area contributed by atoms with Crippen LogP contribution < -0.4 is 4.74 Å². The van der Waals surface area contributed by atoms with Gasteiger partial charge >= 0.3 is 0 Å². The summed E-state index contributed by atoms with van der Waals surface area (Å²) in [6, 6.07) is 7.11. The standard InChI is InChI=1S/C12H9Br2ClO2S/c1-17-6-2-3-7(9(15)4-6)11(16)8-5-10(13)18-12(8)14/h2-5,11,16H,1H3. The maximum Gasteiger partial charge on any atom is 0.120 e. The number of halogens is 3. The molecule has 0 spiro atoms. The van der Waals surface area contributed by atoms with E-state index in [0.717, 1.165) is 13.1 Å². The first-order valence-corrected chi connectivity index (χ1v) is 7.77. The lowest BCUT2D eigenvalue weighted by Crippen LogP contribution is -2.00. The first-order chi connectivity index (χ1) is 8.52. The number of hydrogen-bond acceptors (Lipinski definition) is 3. The predicted octanol–water partition coefficient (Wildman–Crippen LogP) is 5.02. The van der Waals surface area contributed by atoms with Crippen molar-refractivity contribution in [3.05, 3.63) is 48.0 Å². The van der Waals surface area contributed by atoms with Crippen LogP contribution in [0.4, 0.5) is 0 Å². The third-order valence-corrected chi connectivity index (χ3v) is 5.19. The highest BCUT2D eigenvalue weighted by molar-refractivity contribution is 9.12. The van der Waals surface area contributed by atoms with E-state index < -0.39 is 6.10 Å². The Morgan fingerprint density at radius 1 is 1.28 bits per heavy atom. The van der Waals surface area contributed by atoms with E-state index in [-0.39, 0.29) is 0 Å². The van der Waals surface area contributed by atoms with Gasteiger partial charge in [-0.15, -0.1) is 11.3 Å². The summed E-state index contributed by atoms with van der Waals surface area (Å²) in [4.78, 5) is 0. The quantitative estimate of drug-likeness (QED) is 0.767. The third-order valence-electron chi connectivity index (χ3n) is 2.48. The van der Waals surface area contributed by atoms with Crippen LogP contribution in [0.15, 0.2) is 31.8 Å². The highest BCUT2D eigenvalue weighted by Crippen LogP contribution is 2.39. The average molecular weight is 413 g/mol. The number of methoxy groups -OCH3 is 1. The number of rotatable bonds is 3. The van der Waals surface area contributed by atoms with Gasteiger partial charge in [0.2, 0.25) is 0 Å². The molecule has 0 bridgehead atoms. The van der Waals surface area contributed by atoms with Crippen LogP contribution in [-0.4, -0.2) is 12.2 Å². The lowest BCUT2D eigenvalue weighted by atomic mass is 10.0. The molecule has 2 aromatic rings. The molecule has 6 heteroatoms. The fourth-order valence-electron chi connectivity index (χ4n) is 1.56. The second kappa shape index (κ2) is 5.92. The molecule has 1 unspecified atom stereocenters. The zero-order valence-electron chi connectivity index (χ0n) is 9.28. The van der Waals surface area contributed by atoms with Gasteiger partial charge in [-0.05, 0) is 50.1 Å². The van der Waals surface area contributed by atoms with Crippen LogP contribution in [0, 0.1) is 0 Å². The average Bonchev–Trinajstić information content (AvgIpc) is 2.67. The van der Waals surface area contributed by atoms with Gasteiger partial charge in [0.25, 0.3) is 0 Å². The van der Waals surface area contributed by atoms with Crippen LogP contribution in [0.3, 0.4) is 0 Å². The molecule has 1 aromatic carbocycles. The Balaban J connectivity index is 2.39. The molecule has 0 amide bonds. The summed E-state index contributed by atoms with van der Waals surface area (Å²) >= 11 is 14.5. The Bertz CT molecular complexity index is 571. The molecule has 0 aliphatic carbocycles. The molecule has 0 fully saturated rings. The van der Waals surface area contributed by atoms with Crippen molar-refractivity contribution < 1.29 is 9.84 Å². The van der Waals surface area contributed by atoms with E-state index in [1.165, 1.54) is 11.3 Å². The van der Waals surface area contributed by atoms with Crippen LogP contribution >= 0.6 is 54.8 Å². The van der Waals surface area contributed by atoms with Gasteiger partial charge in [0, 0.05) is 11.1 Å². The Hall–Kier alpha value is -0.0700. The maximum atomic E-state index is 10.4. The number of ether oxygens (including phenoxy) is 1. The van der Waals surface area contributed by atoms with Crippen LogP contribution in [0.5, 0.6) is 5.75 Å². The molecule has 2 nitrogen and oxygen atoms in total. The van der Waals surface area contributed by atoms with Crippen molar-refractivity contribution in [2.45, 2.75) is 6.10 Å². The molecule has 1 N–H and O–H groups in total. The molecule has 18 heavy (non-hydrogen) atoms. The van der Waals surface area contributed by atoms with E-state index in [0.29, 0.717) is 16.3 Å². The van der Waals surface area contributed by atoms with Gasteiger partial charge < -0.3 is 9.84 Å². The minimum absolute atomic E-state index is 0.482. The second-order valence-electron chi connectivity index (χ2n) is 3.57. The van der Waals surface area contributed by atoms with Gasteiger partial charge in [0.15, 0.2) is 0 Å². The summed E-state index contributed by atoms with van der Waals surface area (Å²) in [5, 5.41) is 10.8. The monoisotopic (exact) mass is 410 g/mol. The molecule has 0 saturated carbocycles. The van der Waals surface area contributed by atoms with E-state index in [1.807, 2.05) is 6.07 Å².